The van der Waals surface area contributed by atoms with Crippen molar-refractivity contribution in [3.05, 3.63) is 91.0 Å². The molecule has 1 unspecified atom stereocenters. The second-order valence-corrected chi connectivity index (χ2v) is 36.0. The summed E-state index contributed by atoms with van der Waals surface area (Å²) in [6, 6.07) is 6.96. The molecule has 31 aromatic rings. The molecule has 3 aliphatic heterocycles. The molecule has 3 aromatic heterocycles. The molecule has 0 radical (unpaired) electrons. The van der Waals surface area contributed by atoms with Gasteiger partial charge in [-0.15, -0.1) is 0 Å². The summed E-state index contributed by atoms with van der Waals surface area (Å²) in [6.07, 6.45) is 1.92. The fraction of sp³-hybridized carbons (Fsp3) is 0.179. The van der Waals surface area contributed by atoms with E-state index in [4.69, 9.17) is 14.7 Å². The maximum absolute atomic E-state index is 14.6. The summed E-state index contributed by atoms with van der Waals surface area (Å²) in [5, 5.41) is 87.2. The monoisotopic (exact) mass is 1300 g/mol. The van der Waals surface area contributed by atoms with E-state index in [1.807, 2.05) is 0 Å². The number of carbonyl (C=O) groups excluding carboxylic acids is 2. The molecule has 2 N–H and O–H groups in total. The number of methoxy groups -OCH3 is 1. The van der Waals surface area contributed by atoms with Gasteiger partial charge in [-0.05, 0) is 400 Å². The number of hydrogen-bond donors (Lipinski definition) is 2. The number of aromatic nitrogens is 4. The molecule has 8 bridgehead atoms. The second kappa shape index (κ2) is 11.5. The van der Waals surface area contributed by atoms with Crippen LogP contribution in [-0.2, 0) is 26.8 Å². The van der Waals surface area contributed by atoms with Crippen LogP contribution in [0.3, 0.4) is 0 Å². The van der Waals surface area contributed by atoms with E-state index in [1.165, 1.54) is 29.4 Å². The molecule has 1 saturated heterocycles. The van der Waals surface area contributed by atoms with E-state index in [-0.39, 0.29) is 42.5 Å². The number of ether oxygens (including phenoxy) is 1. The molecule has 28 aromatic carbocycles. The molecule has 6 heterocycles. The maximum Gasteiger partial charge on any atom is 0.305 e. The summed E-state index contributed by atoms with van der Waals surface area (Å²) in [5.74, 6) is -0.278. The number of nitrogens with zero attached hydrogens (tertiary/aromatic N) is 3. The molecule has 462 valence electrons. The normalized spacial score (nSPS) is 22.7. The smallest absolute Gasteiger partial charge is 0.305 e. The number of hydrogen-bond acceptors (Lipinski definition) is 6. The summed E-state index contributed by atoms with van der Waals surface area (Å²) >= 11 is 0. The van der Waals surface area contributed by atoms with Crippen LogP contribution < -0.4 is 0 Å². The zero-order valence-corrected chi connectivity index (χ0v) is 56.1. The number of allylic oxidation sites excluding steroid dienone is 2. The number of H-pyrrole nitrogens is 2. The lowest BCUT2D eigenvalue weighted by atomic mass is 9.47. The zero-order chi connectivity index (χ0) is 64.8. The van der Waals surface area contributed by atoms with E-state index < -0.39 is 10.8 Å². The number of Topliss-reactive ketones (excluding diaryl/α,β-unsaturated/α-hetero) is 1. The van der Waals surface area contributed by atoms with Crippen molar-refractivity contribution in [1.82, 2.24) is 24.8 Å². The number of aryl methyl sites for hydroxylation is 2. The number of aromatic amines is 2. The topological polar surface area (TPSA) is 104 Å². The number of ketones is 1. The van der Waals surface area contributed by atoms with Crippen molar-refractivity contribution in [3.63, 3.8) is 0 Å². The lowest BCUT2D eigenvalue weighted by Gasteiger charge is -2.52. The quantitative estimate of drug-likeness (QED) is 0.131. The van der Waals surface area contributed by atoms with Crippen molar-refractivity contribution in [2.45, 2.75) is 89.0 Å². The van der Waals surface area contributed by atoms with Gasteiger partial charge < -0.3 is 14.7 Å². The van der Waals surface area contributed by atoms with Crippen LogP contribution in [0.25, 0.3) is 324 Å². The minimum atomic E-state index is -0.592. The highest BCUT2D eigenvalue weighted by Gasteiger charge is 2.76. The average molecular weight is 1300 g/mol. The largest absolute Gasteiger partial charge is 0.469 e. The molecule has 3 atom stereocenters. The predicted molar refractivity (Wildman–Crippen MR) is 423 cm³/mol. The Morgan fingerprint density at radius 2 is 0.854 bits per heavy atom. The number of rotatable bonds is 5. The number of carbonyl (C=O) groups is 2. The molecule has 8 aliphatic rings. The summed E-state index contributed by atoms with van der Waals surface area (Å²) in [4.78, 5) is 50.7. The Labute approximate surface area is 572 Å². The standard InChI is InChI=1S/C95H39N5O3/c1-8-20-16(2)23-14-28-31(18(4)25(97-28)12-24-17(3)21(9-10-30(102)103-7)91(98-24)22-11-29(101)32-19(5)26(99-92(22)32)13-27(20)96-23)93-95-89-83-77-67-55-47-39-35-33-34-37-41(39)49(55)59-53-45(37)46-38(34)42-40-36(33)44-43(35)51-57(47)65-71-61(51)62-52(44)58-48(40)56-50(42)60-54(46)64-63(53)75(69(59)77)85(89)86-76(64)70(60)78-68(56)74-66(58)72(62)80-79(71)87(81(83)73(65)67)94(95,15-100(93)6)88(80)82(74)84(78)90(86)95/h12-14,17,21,93,97,99H,8-11,15H2,1-7H3/t17-,21-,93?,94?,95?/m0/s1. The van der Waals surface area contributed by atoms with Crippen LogP contribution >= 0.6 is 0 Å². The van der Waals surface area contributed by atoms with Gasteiger partial charge in [0.1, 0.15) is 0 Å². The van der Waals surface area contributed by atoms with Gasteiger partial charge in [0, 0.05) is 64.6 Å². The van der Waals surface area contributed by atoms with Gasteiger partial charge in [-0.1, -0.05) is 13.8 Å². The minimum absolute atomic E-state index is 0.0552. The van der Waals surface area contributed by atoms with E-state index >= 15 is 0 Å². The molecular weight excluding hydrogens is 1260 g/mol. The summed E-state index contributed by atoms with van der Waals surface area (Å²) in [5.41, 5.74) is 21.2. The van der Waals surface area contributed by atoms with Gasteiger partial charge in [0.05, 0.1) is 46.6 Å². The molecule has 1 fully saturated rings. The Bertz CT molecular complexity index is 9510. The molecule has 2 spiro atoms. The first kappa shape index (κ1) is 45.3. The molecule has 5 aliphatic carbocycles. The summed E-state index contributed by atoms with van der Waals surface area (Å²) < 4.78 is 5.36. The first-order chi connectivity index (χ1) is 50.6. The maximum atomic E-state index is 14.6. The molecule has 0 saturated carbocycles. The highest BCUT2D eigenvalue weighted by atomic mass is 16.5. The van der Waals surface area contributed by atoms with E-state index in [9.17, 15) is 9.59 Å². The lowest BCUT2D eigenvalue weighted by Crippen LogP contribution is -2.52. The third-order valence-corrected chi connectivity index (χ3v) is 34.2. The van der Waals surface area contributed by atoms with E-state index in [1.54, 1.807) is 313 Å². The number of esters is 1. The van der Waals surface area contributed by atoms with Crippen molar-refractivity contribution < 1.29 is 14.3 Å². The molecule has 8 nitrogen and oxygen atoms in total. The van der Waals surface area contributed by atoms with Crippen molar-refractivity contribution >= 4 is 336 Å². The van der Waals surface area contributed by atoms with Crippen LogP contribution in [0.15, 0.2) is 18.2 Å². The van der Waals surface area contributed by atoms with E-state index in [0.29, 0.717) is 6.42 Å². The van der Waals surface area contributed by atoms with Gasteiger partial charge in [-0.25, -0.2) is 4.98 Å². The minimum Gasteiger partial charge on any atom is -0.469 e. The molecule has 0 amide bonds. The zero-order valence-electron chi connectivity index (χ0n) is 56.1. The number of likely N-dealkylation sites (tertiary alicyclic amines) is 1. The SMILES string of the molecule is CCC1=C(C)c2cc3[nH]c(cc4nc(c5c6[nH]c(cc1n2)c(C)c6C(=O)C5)[C@@H](CCC(=O)OC)[C@@H]4C)c(C)c3C1N(C)CC23c4c5c6c7c8c9c(c%10c%11c2c2c4c4c%12c5c5c6c6c8c8c%13c9c9c%10c%10c%11c%11c2c2c4c4c%12c%12c5c5c6c8c6c8c%13c9c9c%10c%10c%11c2c2c4c4c%12c5c6c5c8c9c%10c2c45)C713. The van der Waals surface area contributed by atoms with Crippen molar-refractivity contribution in [2.24, 2.45) is 0 Å². The van der Waals surface area contributed by atoms with Crippen LogP contribution in [0, 0.1) is 13.8 Å². The van der Waals surface area contributed by atoms with Crippen molar-refractivity contribution in [2.75, 3.05) is 20.7 Å². The first-order valence-electron chi connectivity index (χ1n) is 38.1. The van der Waals surface area contributed by atoms with Gasteiger partial charge in [0.2, 0.25) is 0 Å². The highest BCUT2D eigenvalue weighted by Crippen LogP contribution is 2.87. The van der Waals surface area contributed by atoms with Crippen LogP contribution in [0.5, 0.6) is 0 Å². The van der Waals surface area contributed by atoms with Crippen LogP contribution in [0.1, 0.15) is 136 Å². The average Bonchev–Trinajstić information content (AvgIpc) is 1.38. The molecule has 39 rings (SSSR count). The number of likely N-dealkylation sites (N-methyl/N-ethyl adjacent to an activating group) is 1. The fourth-order valence-electron chi connectivity index (χ4n) is 32.4. The third-order valence-electron chi connectivity index (χ3n) is 34.2. The second-order valence-electron chi connectivity index (χ2n) is 36.0. The van der Waals surface area contributed by atoms with Gasteiger partial charge in [0.25, 0.3) is 0 Å². The Kier molecular flexibility index (Phi) is 5.07. The van der Waals surface area contributed by atoms with Gasteiger partial charge in [-0.2, -0.15) is 0 Å². The number of nitrogens with one attached hydrogen (secondary N) is 2. The van der Waals surface area contributed by atoms with E-state index in [0.717, 1.165) is 74.5 Å². The van der Waals surface area contributed by atoms with Crippen LogP contribution in [0.2, 0.25) is 0 Å². The summed E-state index contributed by atoms with van der Waals surface area (Å²) in [6.45, 7) is 12.3. The van der Waals surface area contributed by atoms with Crippen molar-refractivity contribution in [1.29, 1.82) is 0 Å². The molecule has 103 heavy (non-hydrogen) atoms. The summed E-state index contributed by atoms with van der Waals surface area (Å²) in [7, 11) is 4.07. The molecular formula is C95H39N5O3. The fourth-order valence-corrected chi connectivity index (χ4v) is 32.4. The first-order valence-corrected chi connectivity index (χ1v) is 38.1. The van der Waals surface area contributed by atoms with E-state index in [2.05, 4.69) is 74.7 Å². The highest BCUT2D eigenvalue weighted by molar-refractivity contribution is 6.82. The molecule has 8 heteroatoms. The van der Waals surface area contributed by atoms with Gasteiger partial charge in [0.15, 0.2) is 5.78 Å². The number of benzene rings is 18. The Morgan fingerprint density at radius 3 is 1.24 bits per heavy atom. The number of fused-ring (bicyclic) bond motifs is 8. The third kappa shape index (κ3) is 3.05. The van der Waals surface area contributed by atoms with Crippen molar-refractivity contribution in [3.8, 4) is 0 Å². The van der Waals surface area contributed by atoms with Gasteiger partial charge in [-0.3, -0.25) is 19.5 Å². The Hall–Kier alpha value is -11.6. The van der Waals surface area contributed by atoms with Crippen LogP contribution in [-0.4, -0.2) is 57.3 Å². The lowest BCUT2D eigenvalue weighted by molar-refractivity contribution is -0.140. The predicted octanol–water partition coefficient (Wildman–Crippen LogP) is 23.1. The van der Waals surface area contributed by atoms with Gasteiger partial charge >= 0.3 is 5.97 Å². The Balaban J connectivity index is 0.807. The Morgan fingerprint density at radius 1 is 0.485 bits per heavy atom. The van der Waals surface area contributed by atoms with Crippen LogP contribution in [0.4, 0.5) is 0 Å².